The van der Waals surface area contributed by atoms with Gasteiger partial charge in [0.05, 0.1) is 23.7 Å². The van der Waals surface area contributed by atoms with Crippen LogP contribution in [-0.4, -0.2) is 37.9 Å². The molecule has 0 unspecified atom stereocenters. The molecule has 1 fully saturated rings. The van der Waals surface area contributed by atoms with Gasteiger partial charge in [-0.15, -0.1) is 0 Å². The molecular weight excluding hydrogens is 371 g/mol. The SMILES string of the molecule is Cc1cc(S(=O)(=O)N(C)C[C@@]2(c3cccc(Cl)n3)CO2)ccc1Cl. The Bertz CT molecular complexity index is 883. The molecule has 1 aromatic heterocycles. The molecule has 2 aromatic rings. The number of aromatic nitrogens is 1. The number of epoxide rings is 1. The molecule has 1 aromatic carbocycles. The predicted octanol–water partition coefficient (Wildman–Crippen LogP) is 3.24. The lowest BCUT2D eigenvalue weighted by Crippen LogP contribution is -2.35. The molecule has 0 radical (unpaired) electrons. The molecule has 128 valence electrons. The molecule has 0 aliphatic carbocycles. The highest BCUT2D eigenvalue weighted by atomic mass is 35.5. The summed E-state index contributed by atoms with van der Waals surface area (Å²) in [4.78, 5) is 4.44. The van der Waals surface area contributed by atoms with E-state index in [9.17, 15) is 8.42 Å². The van der Waals surface area contributed by atoms with Crippen LogP contribution in [0.25, 0.3) is 0 Å². The normalized spacial score (nSPS) is 20.4. The summed E-state index contributed by atoms with van der Waals surface area (Å²) in [6.07, 6.45) is 0. The Morgan fingerprint density at radius 2 is 2.00 bits per heavy atom. The fourth-order valence-electron chi connectivity index (χ4n) is 2.47. The van der Waals surface area contributed by atoms with E-state index in [0.29, 0.717) is 28.0 Å². The summed E-state index contributed by atoms with van der Waals surface area (Å²) in [5, 5.41) is 0.878. The van der Waals surface area contributed by atoms with E-state index in [1.165, 1.54) is 17.4 Å². The van der Waals surface area contributed by atoms with E-state index in [4.69, 9.17) is 27.9 Å². The van der Waals surface area contributed by atoms with Gasteiger partial charge in [0.1, 0.15) is 10.8 Å². The van der Waals surface area contributed by atoms with Crippen molar-refractivity contribution in [3.05, 3.63) is 57.8 Å². The summed E-state index contributed by atoms with van der Waals surface area (Å²) in [6, 6.07) is 9.86. The average Bonchev–Trinajstić information content (AvgIpc) is 3.30. The van der Waals surface area contributed by atoms with Crippen LogP contribution in [0.1, 0.15) is 11.3 Å². The van der Waals surface area contributed by atoms with Crippen LogP contribution in [0.5, 0.6) is 0 Å². The van der Waals surface area contributed by atoms with E-state index < -0.39 is 15.6 Å². The number of pyridine rings is 1. The second-order valence-electron chi connectivity index (χ2n) is 5.80. The standard InChI is InChI=1S/C16H16Cl2N2O3S/c1-11-8-12(6-7-13(11)17)24(21,22)20(2)9-16(10-23-16)14-4-3-5-15(18)19-14/h3-8H,9-10H2,1-2H3/t16-/m0/s1. The fourth-order valence-corrected chi connectivity index (χ4v) is 4.06. The molecule has 1 aliphatic heterocycles. The van der Waals surface area contributed by atoms with E-state index in [2.05, 4.69) is 4.98 Å². The van der Waals surface area contributed by atoms with Gasteiger partial charge in [-0.05, 0) is 42.8 Å². The van der Waals surface area contributed by atoms with Crippen molar-refractivity contribution in [3.8, 4) is 0 Å². The lowest BCUT2D eigenvalue weighted by atomic mass is 10.1. The fraction of sp³-hybridized carbons (Fsp3) is 0.312. The lowest BCUT2D eigenvalue weighted by molar-refractivity contribution is 0.261. The van der Waals surface area contributed by atoms with Crippen molar-refractivity contribution in [2.24, 2.45) is 0 Å². The highest BCUT2D eigenvalue weighted by Gasteiger charge is 2.50. The molecule has 0 bridgehead atoms. The number of rotatable bonds is 5. The summed E-state index contributed by atoms with van der Waals surface area (Å²) >= 11 is 11.9. The zero-order valence-corrected chi connectivity index (χ0v) is 15.5. The maximum Gasteiger partial charge on any atom is 0.242 e. The Balaban J connectivity index is 1.86. The average molecular weight is 387 g/mol. The first-order chi connectivity index (χ1) is 11.2. The number of hydrogen-bond acceptors (Lipinski definition) is 4. The van der Waals surface area contributed by atoms with Crippen molar-refractivity contribution in [2.45, 2.75) is 17.4 Å². The van der Waals surface area contributed by atoms with Crippen molar-refractivity contribution in [1.82, 2.24) is 9.29 Å². The summed E-state index contributed by atoms with van der Waals surface area (Å²) in [6.45, 7) is 2.33. The molecule has 0 spiro atoms. The van der Waals surface area contributed by atoms with E-state index in [1.807, 2.05) is 0 Å². The summed E-state index contributed by atoms with van der Waals surface area (Å²) in [7, 11) is -2.13. The van der Waals surface area contributed by atoms with Crippen LogP contribution < -0.4 is 0 Å². The molecular formula is C16H16Cl2N2O3S. The zero-order chi connectivity index (χ0) is 17.5. The van der Waals surface area contributed by atoms with Gasteiger partial charge in [0.25, 0.3) is 0 Å². The molecule has 0 N–H and O–H groups in total. The maximum atomic E-state index is 12.8. The van der Waals surface area contributed by atoms with Gasteiger partial charge in [0.2, 0.25) is 10.0 Å². The van der Waals surface area contributed by atoms with Crippen LogP contribution in [0.4, 0.5) is 0 Å². The van der Waals surface area contributed by atoms with Gasteiger partial charge in [-0.1, -0.05) is 29.3 Å². The van der Waals surface area contributed by atoms with Gasteiger partial charge in [0.15, 0.2) is 0 Å². The Morgan fingerprint density at radius 3 is 2.58 bits per heavy atom. The number of benzene rings is 1. The summed E-state index contributed by atoms with van der Waals surface area (Å²) in [5.74, 6) is 0. The molecule has 0 amide bonds. The number of sulfonamides is 1. The number of likely N-dealkylation sites (N-methyl/N-ethyl adjacent to an activating group) is 1. The van der Waals surface area contributed by atoms with Gasteiger partial charge in [-0.2, -0.15) is 4.31 Å². The number of aryl methyl sites for hydroxylation is 1. The Hall–Kier alpha value is -1.18. The summed E-state index contributed by atoms with van der Waals surface area (Å²) < 4.78 is 32.4. The van der Waals surface area contributed by atoms with E-state index in [1.54, 1.807) is 37.3 Å². The predicted molar refractivity (Wildman–Crippen MR) is 92.9 cm³/mol. The molecule has 2 heterocycles. The van der Waals surface area contributed by atoms with Crippen LogP contribution in [0.2, 0.25) is 10.2 Å². The third-order valence-electron chi connectivity index (χ3n) is 3.99. The largest absolute Gasteiger partial charge is 0.361 e. The van der Waals surface area contributed by atoms with Crippen LogP contribution in [-0.2, 0) is 20.4 Å². The van der Waals surface area contributed by atoms with Crippen molar-refractivity contribution in [2.75, 3.05) is 20.2 Å². The van der Waals surface area contributed by atoms with E-state index in [0.717, 1.165) is 0 Å². The van der Waals surface area contributed by atoms with Crippen molar-refractivity contribution < 1.29 is 13.2 Å². The molecule has 1 saturated heterocycles. The first-order valence-electron chi connectivity index (χ1n) is 7.24. The molecule has 1 atom stereocenters. The topological polar surface area (TPSA) is 62.8 Å². The molecule has 8 heteroatoms. The van der Waals surface area contributed by atoms with E-state index in [-0.39, 0.29) is 11.4 Å². The lowest BCUT2D eigenvalue weighted by Gasteiger charge is -2.21. The minimum Gasteiger partial charge on any atom is -0.361 e. The maximum absolute atomic E-state index is 12.8. The minimum atomic E-state index is -3.66. The number of nitrogens with zero attached hydrogens (tertiary/aromatic N) is 2. The quantitative estimate of drug-likeness (QED) is 0.584. The van der Waals surface area contributed by atoms with Crippen LogP contribution in [0.15, 0.2) is 41.3 Å². The number of hydrogen-bond donors (Lipinski definition) is 0. The number of halogens is 2. The van der Waals surface area contributed by atoms with Crippen molar-refractivity contribution in [3.63, 3.8) is 0 Å². The molecule has 0 saturated carbocycles. The third-order valence-corrected chi connectivity index (χ3v) is 6.42. The second kappa shape index (κ2) is 6.28. The monoisotopic (exact) mass is 386 g/mol. The highest BCUT2D eigenvalue weighted by Crippen LogP contribution is 2.39. The Labute approximate surface area is 151 Å². The Morgan fingerprint density at radius 1 is 1.29 bits per heavy atom. The number of ether oxygens (including phenoxy) is 1. The zero-order valence-electron chi connectivity index (χ0n) is 13.2. The van der Waals surface area contributed by atoms with Crippen LogP contribution >= 0.6 is 23.2 Å². The van der Waals surface area contributed by atoms with Gasteiger partial charge >= 0.3 is 0 Å². The van der Waals surface area contributed by atoms with Gasteiger partial charge in [-0.3, -0.25) is 0 Å². The van der Waals surface area contributed by atoms with Gasteiger partial charge in [-0.25, -0.2) is 13.4 Å². The smallest absolute Gasteiger partial charge is 0.242 e. The molecule has 24 heavy (non-hydrogen) atoms. The summed E-state index contributed by atoms with van der Waals surface area (Å²) in [5.41, 5.74) is 0.596. The van der Waals surface area contributed by atoms with Gasteiger partial charge < -0.3 is 4.74 Å². The minimum absolute atomic E-state index is 0.157. The van der Waals surface area contributed by atoms with Crippen LogP contribution in [0, 0.1) is 6.92 Å². The van der Waals surface area contributed by atoms with Gasteiger partial charge in [0, 0.05) is 12.1 Å². The third kappa shape index (κ3) is 3.30. The highest BCUT2D eigenvalue weighted by molar-refractivity contribution is 7.89. The molecule has 5 nitrogen and oxygen atoms in total. The van der Waals surface area contributed by atoms with Crippen molar-refractivity contribution in [1.29, 1.82) is 0 Å². The van der Waals surface area contributed by atoms with Crippen molar-refractivity contribution >= 4 is 33.2 Å². The van der Waals surface area contributed by atoms with Crippen LogP contribution in [0.3, 0.4) is 0 Å². The second-order valence-corrected chi connectivity index (χ2v) is 8.64. The first-order valence-corrected chi connectivity index (χ1v) is 9.44. The Kier molecular flexibility index (Phi) is 4.61. The molecule has 1 aliphatic rings. The first kappa shape index (κ1) is 17.6. The molecule has 3 rings (SSSR count). The van der Waals surface area contributed by atoms with E-state index >= 15 is 0 Å².